The molecule has 2 aromatic rings. The van der Waals surface area contributed by atoms with Crippen molar-refractivity contribution in [3.05, 3.63) is 58.9 Å². The van der Waals surface area contributed by atoms with Gasteiger partial charge in [-0.05, 0) is 51.9 Å². The maximum absolute atomic E-state index is 6.64. The molecule has 0 aliphatic carbocycles. The minimum atomic E-state index is -0.519. The van der Waals surface area contributed by atoms with Gasteiger partial charge in [-0.1, -0.05) is 24.8 Å². The van der Waals surface area contributed by atoms with Crippen LogP contribution >= 0.6 is 0 Å². The van der Waals surface area contributed by atoms with Crippen LogP contribution in [0.25, 0.3) is 10.9 Å². The lowest BCUT2D eigenvalue weighted by atomic mass is 9.96. The molecule has 1 aromatic heterocycles. The quantitative estimate of drug-likeness (QED) is 0.709. The van der Waals surface area contributed by atoms with E-state index in [9.17, 15) is 0 Å². The highest BCUT2D eigenvalue weighted by Crippen LogP contribution is 2.42. The first kappa shape index (κ1) is 19.2. The lowest BCUT2D eigenvalue weighted by Gasteiger charge is -2.33. The number of fused-ring (bicyclic) bond motifs is 3. The van der Waals surface area contributed by atoms with Gasteiger partial charge in [0, 0.05) is 48.1 Å². The fourth-order valence-corrected chi connectivity index (χ4v) is 4.68. The van der Waals surface area contributed by atoms with E-state index in [1.54, 1.807) is 0 Å². The largest absolute Gasteiger partial charge is 0.361 e. The molecule has 0 spiro atoms. The van der Waals surface area contributed by atoms with Crippen molar-refractivity contribution in [2.24, 2.45) is 4.99 Å². The minimum absolute atomic E-state index is 0.0160. The van der Waals surface area contributed by atoms with E-state index < -0.39 is 5.60 Å². The highest BCUT2D eigenvalue weighted by molar-refractivity contribution is 5.90. The first-order chi connectivity index (χ1) is 13.2. The second-order valence-electron chi connectivity index (χ2n) is 8.76. The molecule has 0 fully saturated rings. The maximum atomic E-state index is 6.64. The van der Waals surface area contributed by atoms with Crippen molar-refractivity contribution in [3.8, 4) is 0 Å². The molecule has 0 saturated carbocycles. The van der Waals surface area contributed by atoms with Crippen LogP contribution in [0.3, 0.4) is 0 Å². The average Bonchev–Trinajstić information content (AvgIpc) is 2.84. The number of nitrogens with zero attached hydrogens (tertiary/aromatic N) is 3. The summed E-state index contributed by atoms with van der Waals surface area (Å²) in [6.45, 7) is 19.4. The number of benzene rings is 1. The molecule has 2 unspecified atom stereocenters. The lowest BCUT2D eigenvalue weighted by molar-refractivity contribution is -0.0538. The molecule has 0 saturated heterocycles. The molecule has 2 aliphatic heterocycles. The summed E-state index contributed by atoms with van der Waals surface area (Å²) >= 11 is 0. The molecule has 28 heavy (non-hydrogen) atoms. The molecular weight excluding hydrogens is 346 g/mol. The van der Waals surface area contributed by atoms with Gasteiger partial charge in [-0.15, -0.1) is 0 Å². The van der Waals surface area contributed by atoms with Gasteiger partial charge in [0.2, 0.25) is 0 Å². The molecule has 2 aliphatic rings. The number of aryl methyl sites for hydroxylation is 1. The molecule has 0 amide bonds. The van der Waals surface area contributed by atoms with Crippen LogP contribution in [-0.4, -0.2) is 34.9 Å². The van der Waals surface area contributed by atoms with Gasteiger partial charge in [0.05, 0.1) is 18.2 Å². The molecule has 4 rings (SSSR count). The van der Waals surface area contributed by atoms with Crippen LogP contribution < -0.4 is 0 Å². The van der Waals surface area contributed by atoms with Gasteiger partial charge in [-0.3, -0.25) is 4.99 Å². The summed E-state index contributed by atoms with van der Waals surface area (Å²) in [6.07, 6.45) is 2.87. The Bertz CT molecular complexity index is 1010. The number of ether oxygens (including phenoxy) is 1. The predicted octanol–water partition coefficient (Wildman–Crippen LogP) is 4.95. The van der Waals surface area contributed by atoms with Crippen molar-refractivity contribution in [2.45, 2.75) is 58.9 Å². The zero-order chi connectivity index (χ0) is 20.2. The minimum Gasteiger partial charge on any atom is -0.361 e. The number of hydrogen-bond acceptors (Lipinski definition) is 3. The summed E-state index contributed by atoms with van der Waals surface area (Å²) in [5, 5.41) is 1.39. The van der Waals surface area contributed by atoms with Crippen LogP contribution in [0.15, 0.2) is 41.6 Å². The van der Waals surface area contributed by atoms with E-state index in [1.807, 2.05) is 13.1 Å². The van der Waals surface area contributed by atoms with Crippen molar-refractivity contribution in [1.29, 1.82) is 0 Å². The molecule has 2 atom stereocenters. The highest BCUT2D eigenvalue weighted by Gasteiger charge is 2.38. The van der Waals surface area contributed by atoms with Gasteiger partial charge in [0.15, 0.2) is 0 Å². The fourth-order valence-electron chi connectivity index (χ4n) is 4.68. The first-order valence-corrected chi connectivity index (χ1v) is 10.1. The van der Waals surface area contributed by atoms with E-state index in [0.717, 1.165) is 37.3 Å². The summed E-state index contributed by atoms with van der Waals surface area (Å²) in [5.74, 6) is 0. The Morgan fingerprint density at radius 2 is 2.11 bits per heavy atom. The molecular formula is C24H31N3O. The number of rotatable bonds is 3. The normalized spacial score (nSPS) is 25.1. The summed E-state index contributed by atoms with van der Waals surface area (Å²) in [4.78, 5) is 6.80. The molecule has 0 N–H and O–H groups in total. The van der Waals surface area contributed by atoms with Crippen molar-refractivity contribution in [2.75, 3.05) is 13.6 Å². The van der Waals surface area contributed by atoms with E-state index in [0.29, 0.717) is 0 Å². The molecule has 4 nitrogen and oxygen atoms in total. The number of hydrogen-bond donors (Lipinski definition) is 0. The summed E-state index contributed by atoms with van der Waals surface area (Å²) in [6, 6.07) is 4.63. The Morgan fingerprint density at radius 1 is 1.36 bits per heavy atom. The number of allylic oxidation sites excluding steroid dienone is 1. The van der Waals surface area contributed by atoms with E-state index >= 15 is 0 Å². The Labute approximate surface area is 168 Å². The predicted molar refractivity (Wildman–Crippen MR) is 117 cm³/mol. The Kier molecular flexibility index (Phi) is 4.59. The van der Waals surface area contributed by atoms with Gasteiger partial charge in [0.1, 0.15) is 5.60 Å². The maximum Gasteiger partial charge on any atom is 0.110 e. The Balaban J connectivity index is 1.91. The van der Waals surface area contributed by atoms with Gasteiger partial charge in [-0.2, -0.15) is 0 Å². The zero-order valence-corrected chi connectivity index (χ0v) is 17.8. The summed E-state index contributed by atoms with van der Waals surface area (Å²) in [5.41, 5.74) is 7.97. The lowest BCUT2D eigenvalue weighted by Crippen LogP contribution is -2.37. The standard InChI is InChI=1S/C24H31N3O/c1-15(2)25-12-17(4)24(6)14-27-22-8-9-26(7)13-21(22)20-11-16(3)10-19(23(20)27)18(5)28-24/h10-12,18H,1,4,8-9,13-14H2,2-3,5-7H3. The fraction of sp³-hybridized carbons (Fsp3) is 0.458. The van der Waals surface area contributed by atoms with Crippen molar-refractivity contribution in [3.63, 3.8) is 0 Å². The molecule has 148 valence electrons. The third kappa shape index (κ3) is 3.05. The third-order valence-corrected chi connectivity index (χ3v) is 6.17. The van der Waals surface area contributed by atoms with Crippen LogP contribution in [0, 0.1) is 6.92 Å². The zero-order valence-electron chi connectivity index (χ0n) is 17.8. The second-order valence-corrected chi connectivity index (χ2v) is 8.76. The third-order valence-electron chi connectivity index (χ3n) is 6.17. The van der Waals surface area contributed by atoms with E-state index in [4.69, 9.17) is 4.74 Å². The van der Waals surface area contributed by atoms with E-state index in [-0.39, 0.29) is 6.10 Å². The number of aliphatic imine (C=N–C) groups is 1. The van der Waals surface area contributed by atoms with Gasteiger partial charge < -0.3 is 14.2 Å². The SMILES string of the molecule is C=C(C)N=CC(=C)C1(C)Cn2c3c(c4cc(C)cc(c42)C(C)O1)CN(C)CC3. The first-order valence-electron chi connectivity index (χ1n) is 10.1. The summed E-state index contributed by atoms with van der Waals surface area (Å²) < 4.78 is 9.15. The van der Waals surface area contributed by atoms with Crippen molar-refractivity contribution < 1.29 is 4.74 Å². The highest BCUT2D eigenvalue weighted by atomic mass is 16.5. The van der Waals surface area contributed by atoms with E-state index in [2.05, 4.69) is 67.6 Å². The van der Waals surface area contributed by atoms with Crippen molar-refractivity contribution >= 4 is 17.1 Å². The Hall–Kier alpha value is -2.17. The second kappa shape index (κ2) is 6.71. The molecule has 4 heteroatoms. The van der Waals surface area contributed by atoms with Crippen LogP contribution in [-0.2, 0) is 24.2 Å². The topological polar surface area (TPSA) is 29.8 Å². The van der Waals surface area contributed by atoms with Crippen LogP contribution in [0.5, 0.6) is 0 Å². The molecule has 0 bridgehead atoms. The smallest absolute Gasteiger partial charge is 0.110 e. The van der Waals surface area contributed by atoms with E-state index in [1.165, 1.54) is 33.3 Å². The van der Waals surface area contributed by atoms with Gasteiger partial charge in [0.25, 0.3) is 0 Å². The van der Waals surface area contributed by atoms with Crippen LogP contribution in [0.1, 0.15) is 49.3 Å². The molecule has 3 heterocycles. The van der Waals surface area contributed by atoms with Crippen LogP contribution in [0.4, 0.5) is 0 Å². The van der Waals surface area contributed by atoms with Gasteiger partial charge in [-0.25, -0.2) is 0 Å². The average molecular weight is 378 g/mol. The van der Waals surface area contributed by atoms with Crippen molar-refractivity contribution in [1.82, 2.24) is 9.47 Å². The Morgan fingerprint density at radius 3 is 2.82 bits per heavy atom. The number of likely N-dealkylation sites (N-methyl/N-ethyl adjacent to an activating group) is 1. The van der Waals surface area contributed by atoms with Crippen LogP contribution in [0.2, 0.25) is 0 Å². The van der Waals surface area contributed by atoms with Gasteiger partial charge >= 0.3 is 0 Å². The summed E-state index contributed by atoms with van der Waals surface area (Å²) in [7, 11) is 2.21. The molecule has 1 aromatic carbocycles. The number of aromatic nitrogens is 1. The monoisotopic (exact) mass is 377 g/mol. The molecule has 0 radical (unpaired) electrons.